The topological polar surface area (TPSA) is 53.0 Å². The van der Waals surface area contributed by atoms with Crippen molar-refractivity contribution < 1.29 is 0 Å². The van der Waals surface area contributed by atoms with Crippen LogP contribution in [-0.2, 0) is 0 Å². The lowest BCUT2D eigenvalue weighted by molar-refractivity contribution is 0.306. The molecule has 2 N–H and O–H groups in total. The molecular formula is C16H23N3. The third-order valence-electron chi connectivity index (χ3n) is 4.38. The van der Waals surface area contributed by atoms with Crippen LogP contribution < -0.4 is 10.6 Å². The van der Waals surface area contributed by atoms with Crippen LogP contribution in [-0.4, -0.2) is 19.6 Å². The summed E-state index contributed by atoms with van der Waals surface area (Å²) in [6.07, 6.45) is 4.93. The molecule has 0 heterocycles. The molecule has 0 bridgehead atoms. The monoisotopic (exact) mass is 257 g/mol. The van der Waals surface area contributed by atoms with Gasteiger partial charge in [-0.05, 0) is 43.9 Å². The van der Waals surface area contributed by atoms with E-state index >= 15 is 0 Å². The average molecular weight is 257 g/mol. The molecule has 1 aromatic rings. The van der Waals surface area contributed by atoms with Gasteiger partial charge in [-0.2, -0.15) is 5.26 Å². The Balaban J connectivity index is 2.33. The lowest BCUT2D eigenvalue weighted by atomic mass is 9.83. The molecule has 2 unspecified atom stereocenters. The first-order chi connectivity index (χ1) is 9.19. The molecule has 3 nitrogen and oxygen atoms in total. The first-order valence-corrected chi connectivity index (χ1v) is 7.11. The molecule has 2 atom stereocenters. The highest BCUT2D eigenvalue weighted by Gasteiger charge is 2.29. The predicted molar refractivity (Wildman–Crippen MR) is 79.1 cm³/mol. The quantitative estimate of drug-likeness (QED) is 0.906. The highest BCUT2D eigenvalue weighted by molar-refractivity contribution is 5.64. The zero-order valence-corrected chi connectivity index (χ0v) is 11.9. The molecule has 1 fully saturated rings. The van der Waals surface area contributed by atoms with Crippen LogP contribution in [0.25, 0.3) is 0 Å². The van der Waals surface area contributed by atoms with Crippen molar-refractivity contribution in [3.05, 3.63) is 29.3 Å². The number of hydrogen-bond acceptors (Lipinski definition) is 3. The van der Waals surface area contributed by atoms with Crippen LogP contribution in [0.3, 0.4) is 0 Å². The summed E-state index contributed by atoms with van der Waals surface area (Å²) in [4.78, 5) is 2.30. The molecule has 1 aliphatic rings. The number of rotatable bonds is 3. The molecule has 3 heteroatoms. The Morgan fingerprint density at radius 2 is 2.11 bits per heavy atom. The third kappa shape index (κ3) is 2.74. The van der Waals surface area contributed by atoms with Gasteiger partial charge in [0.2, 0.25) is 0 Å². The van der Waals surface area contributed by atoms with E-state index in [2.05, 4.69) is 31.0 Å². The number of aryl methyl sites for hydroxylation is 1. The van der Waals surface area contributed by atoms with Crippen LogP contribution in [0, 0.1) is 24.2 Å². The molecule has 1 aliphatic carbocycles. The van der Waals surface area contributed by atoms with E-state index in [1.54, 1.807) is 0 Å². The second-order valence-electron chi connectivity index (χ2n) is 5.54. The van der Waals surface area contributed by atoms with E-state index in [9.17, 15) is 5.26 Å². The van der Waals surface area contributed by atoms with Crippen LogP contribution in [0.4, 0.5) is 5.69 Å². The minimum Gasteiger partial charge on any atom is -0.370 e. The number of hydrogen-bond donors (Lipinski definition) is 1. The van der Waals surface area contributed by atoms with E-state index in [0.717, 1.165) is 17.8 Å². The number of anilines is 1. The Hall–Kier alpha value is -1.53. The Morgan fingerprint density at radius 3 is 2.79 bits per heavy atom. The third-order valence-corrected chi connectivity index (χ3v) is 4.38. The Morgan fingerprint density at radius 1 is 1.37 bits per heavy atom. The first-order valence-electron chi connectivity index (χ1n) is 7.11. The Labute approximate surface area is 116 Å². The van der Waals surface area contributed by atoms with E-state index in [-0.39, 0.29) is 0 Å². The smallest absolute Gasteiger partial charge is 0.101 e. The fourth-order valence-corrected chi connectivity index (χ4v) is 3.36. The molecule has 1 saturated carbocycles. The number of nitrogens with zero attached hydrogens (tertiary/aromatic N) is 2. The highest BCUT2D eigenvalue weighted by Crippen LogP contribution is 2.33. The lowest BCUT2D eigenvalue weighted by Gasteiger charge is -2.39. The van der Waals surface area contributed by atoms with Gasteiger partial charge in [0.15, 0.2) is 0 Å². The molecule has 1 aromatic carbocycles. The standard InChI is InChI=1S/C16H23N3/c1-12-6-5-8-14(11-18)16(12)19(2)15-9-4-3-7-13(15)10-17/h5-6,8,13,15H,3-4,7,9-10,17H2,1-2H3. The van der Waals surface area contributed by atoms with Crippen molar-refractivity contribution in [2.75, 3.05) is 18.5 Å². The van der Waals surface area contributed by atoms with E-state index in [0.29, 0.717) is 12.0 Å². The summed E-state index contributed by atoms with van der Waals surface area (Å²) < 4.78 is 0. The van der Waals surface area contributed by atoms with Gasteiger partial charge in [-0.1, -0.05) is 25.0 Å². The van der Waals surface area contributed by atoms with Gasteiger partial charge in [0.05, 0.1) is 11.3 Å². The molecule has 102 valence electrons. The Kier molecular flexibility index (Phi) is 4.44. The number of nitrogens with two attached hydrogens (primary N) is 1. The summed E-state index contributed by atoms with van der Waals surface area (Å²) in [6, 6.07) is 8.71. The normalized spacial score (nSPS) is 22.8. The van der Waals surface area contributed by atoms with Gasteiger partial charge in [-0.15, -0.1) is 0 Å². The van der Waals surface area contributed by atoms with Crippen LogP contribution in [0.2, 0.25) is 0 Å². The summed E-state index contributed by atoms with van der Waals surface area (Å²) in [5.41, 5.74) is 8.94. The lowest BCUT2D eigenvalue weighted by Crippen LogP contribution is -2.43. The molecule has 19 heavy (non-hydrogen) atoms. The molecule has 0 spiro atoms. The fourth-order valence-electron chi connectivity index (χ4n) is 3.36. The summed E-state index contributed by atoms with van der Waals surface area (Å²) in [5, 5.41) is 9.31. The van der Waals surface area contributed by atoms with Crippen LogP contribution >= 0.6 is 0 Å². The minimum absolute atomic E-state index is 0.465. The van der Waals surface area contributed by atoms with E-state index in [4.69, 9.17) is 5.73 Å². The molecular weight excluding hydrogens is 234 g/mol. The van der Waals surface area contributed by atoms with Gasteiger partial charge in [0.25, 0.3) is 0 Å². The minimum atomic E-state index is 0.465. The molecule has 0 radical (unpaired) electrons. The molecule has 0 amide bonds. The molecule has 0 saturated heterocycles. The predicted octanol–water partition coefficient (Wildman–Crippen LogP) is 2.82. The van der Waals surface area contributed by atoms with E-state index in [1.807, 2.05) is 12.1 Å². The highest BCUT2D eigenvalue weighted by atomic mass is 15.1. The van der Waals surface area contributed by atoms with Crippen molar-refractivity contribution in [2.45, 2.75) is 38.6 Å². The zero-order chi connectivity index (χ0) is 13.8. The summed E-state index contributed by atoms with van der Waals surface area (Å²) >= 11 is 0. The maximum absolute atomic E-state index is 9.31. The van der Waals surface area contributed by atoms with Gasteiger partial charge in [0.1, 0.15) is 6.07 Å². The Bertz CT molecular complexity index is 475. The van der Waals surface area contributed by atoms with Crippen LogP contribution in [0.15, 0.2) is 18.2 Å². The van der Waals surface area contributed by atoms with Gasteiger partial charge < -0.3 is 10.6 Å². The van der Waals surface area contributed by atoms with E-state index < -0.39 is 0 Å². The van der Waals surface area contributed by atoms with Crippen molar-refractivity contribution >= 4 is 5.69 Å². The fraction of sp³-hybridized carbons (Fsp3) is 0.562. The van der Waals surface area contributed by atoms with Crippen molar-refractivity contribution in [3.63, 3.8) is 0 Å². The average Bonchev–Trinajstić information content (AvgIpc) is 2.46. The molecule has 0 aromatic heterocycles. The van der Waals surface area contributed by atoms with Crippen molar-refractivity contribution in [2.24, 2.45) is 11.7 Å². The number of para-hydroxylation sites is 1. The van der Waals surface area contributed by atoms with Gasteiger partial charge >= 0.3 is 0 Å². The van der Waals surface area contributed by atoms with Gasteiger partial charge in [-0.25, -0.2) is 0 Å². The SMILES string of the molecule is Cc1cccc(C#N)c1N(C)C1CCCCC1CN. The van der Waals surface area contributed by atoms with Crippen LogP contribution in [0.1, 0.15) is 36.8 Å². The number of benzene rings is 1. The summed E-state index contributed by atoms with van der Waals surface area (Å²) in [5.74, 6) is 0.546. The van der Waals surface area contributed by atoms with E-state index in [1.165, 1.54) is 31.2 Å². The largest absolute Gasteiger partial charge is 0.370 e. The van der Waals surface area contributed by atoms with Crippen molar-refractivity contribution in [1.82, 2.24) is 0 Å². The first kappa shape index (κ1) is 13.9. The summed E-state index contributed by atoms with van der Waals surface area (Å²) in [6.45, 7) is 2.82. The molecule has 2 rings (SSSR count). The van der Waals surface area contributed by atoms with Gasteiger partial charge in [0, 0.05) is 13.1 Å². The van der Waals surface area contributed by atoms with Crippen molar-refractivity contribution in [3.8, 4) is 6.07 Å². The van der Waals surface area contributed by atoms with Gasteiger partial charge in [-0.3, -0.25) is 0 Å². The van der Waals surface area contributed by atoms with Crippen LogP contribution in [0.5, 0.6) is 0 Å². The number of nitriles is 1. The van der Waals surface area contributed by atoms with Crippen molar-refractivity contribution in [1.29, 1.82) is 5.26 Å². The molecule has 0 aliphatic heterocycles. The maximum Gasteiger partial charge on any atom is 0.101 e. The second kappa shape index (κ2) is 6.08. The second-order valence-corrected chi connectivity index (χ2v) is 5.54. The maximum atomic E-state index is 9.31. The summed E-state index contributed by atoms with van der Waals surface area (Å²) in [7, 11) is 2.11. The zero-order valence-electron chi connectivity index (χ0n) is 11.9.